The normalized spacial score (nSPS) is 12.2. The van der Waals surface area contributed by atoms with Crippen molar-refractivity contribution >= 4 is 23.4 Å². The van der Waals surface area contributed by atoms with E-state index in [0.29, 0.717) is 11.1 Å². The SMILES string of the molecule is Cc1cc(C)cc(-n2nnnc2S[C@@H](C)C(=O)Nc2ccccc2C(C)C)c1. The maximum Gasteiger partial charge on any atom is 0.237 e. The molecular weight excluding hydrogens is 370 g/mol. The third-order valence-corrected chi connectivity index (χ3v) is 5.42. The van der Waals surface area contributed by atoms with Gasteiger partial charge in [-0.05, 0) is 72.0 Å². The first kappa shape index (κ1) is 20.1. The molecule has 6 nitrogen and oxygen atoms in total. The number of nitrogens with one attached hydrogen (secondary N) is 1. The smallest absolute Gasteiger partial charge is 0.237 e. The van der Waals surface area contributed by atoms with E-state index in [-0.39, 0.29) is 11.2 Å². The number of hydrogen-bond acceptors (Lipinski definition) is 5. The summed E-state index contributed by atoms with van der Waals surface area (Å²) in [6, 6.07) is 14.0. The second-order valence-electron chi connectivity index (χ2n) is 7.21. The highest BCUT2D eigenvalue weighted by atomic mass is 32.2. The van der Waals surface area contributed by atoms with E-state index >= 15 is 0 Å². The number of amides is 1. The molecule has 2 aromatic carbocycles. The molecule has 3 rings (SSSR count). The molecule has 0 spiro atoms. The molecule has 0 aliphatic carbocycles. The van der Waals surface area contributed by atoms with E-state index in [2.05, 4.69) is 40.8 Å². The van der Waals surface area contributed by atoms with Crippen molar-refractivity contribution in [2.75, 3.05) is 5.32 Å². The molecule has 0 saturated heterocycles. The van der Waals surface area contributed by atoms with Gasteiger partial charge in [-0.2, -0.15) is 4.68 Å². The molecule has 0 fully saturated rings. The average Bonchev–Trinajstić information content (AvgIpc) is 3.09. The lowest BCUT2D eigenvalue weighted by atomic mass is 10.0. The van der Waals surface area contributed by atoms with E-state index in [0.717, 1.165) is 28.1 Å². The topological polar surface area (TPSA) is 72.7 Å². The quantitative estimate of drug-likeness (QED) is 0.621. The van der Waals surface area contributed by atoms with Crippen LogP contribution in [0.2, 0.25) is 0 Å². The molecule has 1 aromatic heterocycles. The molecule has 0 aliphatic heterocycles. The fraction of sp³-hybridized carbons (Fsp3) is 0.333. The number of benzene rings is 2. The molecule has 1 atom stereocenters. The summed E-state index contributed by atoms with van der Waals surface area (Å²) in [6.45, 7) is 10.2. The number of tetrazole rings is 1. The number of thioether (sulfide) groups is 1. The standard InChI is InChI=1S/C21H25N5OS/c1-13(2)18-8-6-7-9-19(18)22-20(27)16(5)28-21-23-24-25-26(21)17-11-14(3)10-15(4)12-17/h6-13,16H,1-5H3,(H,22,27)/t16-/m0/s1. The predicted octanol–water partition coefficient (Wildman–Crippen LogP) is 4.52. The fourth-order valence-electron chi connectivity index (χ4n) is 3.05. The second-order valence-corrected chi connectivity index (χ2v) is 8.52. The zero-order chi connectivity index (χ0) is 20.3. The first-order chi connectivity index (χ1) is 13.3. The minimum absolute atomic E-state index is 0.0759. The molecule has 0 radical (unpaired) electrons. The number of carbonyl (C=O) groups excluding carboxylic acids is 1. The number of rotatable bonds is 6. The van der Waals surface area contributed by atoms with Gasteiger partial charge in [0.25, 0.3) is 0 Å². The molecule has 1 N–H and O–H groups in total. The first-order valence-corrected chi connectivity index (χ1v) is 10.2. The number of anilines is 1. The van der Waals surface area contributed by atoms with Gasteiger partial charge in [0.15, 0.2) is 0 Å². The van der Waals surface area contributed by atoms with Crippen LogP contribution in [-0.4, -0.2) is 31.4 Å². The van der Waals surface area contributed by atoms with Gasteiger partial charge in [-0.1, -0.05) is 49.9 Å². The van der Waals surface area contributed by atoms with Crippen molar-refractivity contribution in [2.24, 2.45) is 0 Å². The lowest BCUT2D eigenvalue weighted by Crippen LogP contribution is -2.23. The number of hydrogen-bond donors (Lipinski definition) is 1. The number of aromatic nitrogens is 4. The molecule has 0 saturated carbocycles. The lowest BCUT2D eigenvalue weighted by molar-refractivity contribution is -0.115. The monoisotopic (exact) mass is 395 g/mol. The number of nitrogens with zero attached hydrogens (tertiary/aromatic N) is 4. The Kier molecular flexibility index (Phi) is 6.14. The van der Waals surface area contributed by atoms with Crippen molar-refractivity contribution in [3.8, 4) is 5.69 Å². The lowest BCUT2D eigenvalue weighted by Gasteiger charge is -2.16. The Hall–Kier alpha value is -2.67. The van der Waals surface area contributed by atoms with Crippen molar-refractivity contribution in [2.45, 2.75) is 50.9 Å². The van der Waals surface area contributed by atoms with E-state index in [4.69, 9.17) is 0 Å². The summed E-state index contributed by atoms with van der Waals surface area (Å²) in [5.41, 5.74) is 5.13. The van der Waals surface area contributed by atoms with E-state index in [9.17, 15) is 4.79 Å². The third kappa shape index (κ3) is 4.59. The molecule has 1 amide bonds. The Balaban J connectivity index is 1.76. The highest BCUT2D eigenvalue weighted by Crippen LogP contribution is 2.27. The molecule has 3 aromatic rings. The fourth-order valence-corrected chi connectivity index (χ4v) is 3.86. The van der Waals surface area contributed by atoms with E-state index in [1.165, 1.54) is 11.8 Å². The van der Waals surface area contributed by atoms with Crippen molar-refractivity contribution in [3.05, 3.63) is 59.2 Å². The minimum atomic E-state index is -0.351. The summed E-state index contributed by atoms with van der Waals surface area (Å²) in [5, 5.41) is 15.3. The van der Waals surface area contributed by atoms with E-state index < -0.39 is 0 Å². The summed E-state index contributed by atoms with van der Waals surface area (Å²) in [5.74, 6) is 0.254. The van der Waals surface area contributed by atoms with Crippen LogP contribution in [0.5, 0.6) is 0 Å². The number of carbonyl (C=O) groups is 1. The Labute approximate surface area is 169 Å². The van der Waals surface area contributed by atoms with Crippen LogP contribution in [0.1, 0.15) is 43.4 Å². The van der Waals surface area contributed by atoms with Gasteiger partial charge >= 0.3 is 0 Å². The minimum Gasteiger partial charge on any atom is -0.325 e. The molecule has 28 heavy (non-hydrogen) atoms. The predicted molar refractivity (Wildman–Crippen MR) is 113 cm³/mol. The zero-order valence-electron chi connectivity index (χ0n) is 16.8. The summed E-state index contributed by atoms with van der Waals surface area (Å²) in [4.78, 5) is 12.8. The van der Waals surface area contributed by atoms with Gasteiger partial charge in [0.2, 0.25) is 11.1 Å². The zero-order valence-corrected chi connectivity index (χ0v) is 17.6. The second kappa shape index (κ2) is 8.56. The van der Waals surface area contributed by atoms with Crippen LogP contribution in [0.15, 0.2) is 47.6 Å². The van der Waals surface area contributed by atoms with Gasteiger partial charge in [-0.25, -0.2) is 0 Å². The Morgan fingerprint density at radius 1 is 1.07 bits per heavy atom. The molecular formula is C21H25N5OS. The van der Waals surface area contributed by atoms with Gasteiger partial charge < -0.3 is 5.32 Å². The van der Waals surface area contributed by atoms with Gasteiger partial charge in [0, 0.05) is 5.69 Å². The van der Waals surface area contributed by atoms with Crippen LogP contribution in [-0.2, 0) is 4.79 Å². The molecule has 146 valence electrons. The van der Waals surface area contributed by atoms with Crippen LogP contribution < -0.4 is 5.32 Å². The van der Waals surface area contributed by atoms with Crippen molar-refractivity contribution in [3.63, 3.8) is 0 Å². The summed E-state index contributed by atoms with van der Waals surface area (Å²) in [6.07, 6.45) is 0. The Morgan fingerprint density at radius 3 is 2.43 bits per heavy atom. The van der Waals surface area contributed by atoms with Crippen molar-refractivity contribution in [1.82, 2.24) is 20.2 Å². The molecule has 0 aliphatic rings. The van der Waals surface area contributed by atoms with Gasteiger partial charge in [-0.15, -0.1) is 5.10 Å². The maximum absolute atomic E-state index is 12.8. The molecule has 0 unspecified atom stereocenters. The van der Waals surface area contributed by atoms with Crippen LogP contribution >= 0.6 is 11.8 Å². The van der Waals surface area contributed by atoms with Crippen molar-refractivity contribution in [1.29, 1.82) is 0 Å². The van der Waals surface area contributed by atoms with E-state index in [1.807, 2.05) is 57.2 Å². The Morgan fingerprint density at radius 2 is 1.75 bits per heavy atom. The highest BCUT2D eigenvalue weighted by Gasteiger charge is 2.20. The summed E-state index contributed by atoms with van der Waals surface area (Å²) in [7, 11) is 0. The van der Waals surface area contributed by atoms with E-state index in [1.54, 1.807) is 4.68 Å². The first-order valence-electron chi connectivity index (χ1n) is 9.28. The maximum atomic E-state index is 12.8. The summed E-state index contributed by atoms with van der Waals surface area (Å²) < 4.78 is 1.68. The van der Waals surface area contributed by atoms with Gasteiger partial charge in [-0.3, -0.25) is 4.79 Å². The van der Waals surface area contributed by atoms with Crippen LogP contribution in [0, 0.1) is 13.8 Å². The average molecular weight is 396 g/mol. The summed E-state index contributed by atoms with van der Waals surface area (Å²) >= 11 is 1.34. The molecule has 1 heterocycles. The van der Waals surface area contributed by atoms with Crippen LogP contribution in [0.25, 0.3) is 5.69 Å². The van der Waals surface area contributed by atoms with Gasteiger partial charge in [0.1, 0.15) is 0 Å². The molecule has 7 heteroatoms. The van der Waals surface area contributed by atoms with Crippen LogP contribution in [0.3, 0.4) is 0 Å². The Bertz CT molecular complexity index is 962. The molecule has 0 bridgehead atoms. The third-order valence-electron chi connectivity index (χ3n) is 4.38. The van der Waals surface area contributed by atoms with Crippen LogP contribution in [0.4, 0.5) is 5.69 Å². The largest absolute Gasteiger partial charge is 0.325 e. The number of para-hydroxylation sites is 1. The van der Waals surface area contributed by atoms with Gasteiger partial charge in [0.05, 0.1) is 10.9 Å². The number of aryl methyl sites for hydroxylation is 2. The van der Waals surface area contributed by atoms with Crippen molar-refractivity contribution < 1.29 is 4.79 Å². The highest BCUT2D eigenvalue weighted by molar-refractivity contribution is 8.00.